The quantitative estimate of drug-likeness (QED) is 0.774. The highest BCUT2D eigenvalue weighted by atomic mass is 15.3. The van der Waals surface area contributed by atoms with E-state index in [1.807, 2.05) is 25.4 Å². The van der Waals surface area contributed by atoms with Crippen LogP contribution in [0.5, 0.6) is 0 Å². The molecule has 2 aromatic heterocycles. The second-order valence-corrected chi connectivity index (χ2v) is 4.84. The lowest BCUT2D eigenvalue weighted by molar-refractivity contribution is 0.782. The summed E-state index contributed by atoms with van der Waals surface area (Å²) in [7, 11) is 1.85. The number of pyridine rings is 1. The van der Waals surface area contributed by atoms with Crippen LogP contribution < -0.4 is 5.73 Å². The average molecular weight is 264 g/mol. The Labute approximate surface area is 117 Å². The van der Waals surface area contributed by atoms with E-state index in [4.69, 9.17) is 5.73 Å². The van der Waals surface area contributed by atoms with Gasteiger partial charge in [0.25, 0.3) is 0 Å². The highest BCUT2D eigenvalue weighted by molar-refractivity contribution is 5.87. The van der Waals surface area contributed by atoms with Gasteiger partial charge < -0.3 is 5.73 Å². The summed E-state index contributed by atoms with van der Waals surface area (Å²) in [5.74, 6) is 0.647. The fourth-order valence-corrected chi connectivity index (χ4v) is 2.25. The number of aryl methyl sites for hydroxylation is 2. The fraction of sp³-hybridized carbons (Fsp3) is 0.125. The van der Waals surface area contributed by atoms with E-state index >= 15 is 0 Å². The molecule has 0 aliphatic carbocycles. The van der Waals surface area contributed by atoms with Gasteiger partial charge in [0.15, 0.2) is 0 Å². The second-order valence-electron chi connectivity index (χ2n) is 4.84. The molecule has 4 heteroatoms. The van der Waals surface area contributed by atoms with Gasteiger partial charge in [-0.1, -0.05) is 35.9 Å². The van der Waals surface area contributed by atoms with E-state index < -0.39 is 0 Å². The summed E-state index contributed by atoms with van der Waals surface area (Å²) in [5.41, 5.74) is 11.3. The summed E-state index contributed by atoms with van der Waals surface area (Å²) in [5, 5.41) is 4.55. The van der Waals surface area contributed by atoms with Crippen LogP contribution in [-0.4, -0.2) is 14.8 Å². The van der Waals surface area contributed by atoms with Crippen LogP contribution >= 0.6 is 0 Å². The summed E-state index contributed by atoms with van der Waals surface area (Å²) < 4.78 is 1.71. The van der Waals surface area contributed by atoms with Crippen molar-refractivity contribution in [3.8, 4) is 22.4 Å². The second kappa shape index (κ2) is 4.81. The maximum atomic E-state index is 6.18. The topological polar surface area (TPSA) is 56.7 Å². The van der Waals surface area contributed by atoms with Crippen LogP contribution in [0.4, 0.5) is 5.82 Å². The Morgan fingerprint density at radius 3 is 2.45 bits per heavy atom. The van der Waals surface area contributed by atoms with Gasteiger partial charge in [-0.05, 0) is 13.0 Å². The predicted molar refractivity (Wildman–Crippen MR) is 81.0 cm³/mol. The first-order valence-corrected chi connectivity index (χ1v) is 6.46. The minimum Gasteiger partial charge on any atom is -0.383 e. The molecule has 0 amide bonds. The van der Waals surface area contributed by atoms with E-state index in [1.54, 1.807) is 10.9 Å². The van der Waals surface area contributed by atoms with Crippen molar-refractivity contribution < 1.29 is 0 Å². The Morgan fingerprint density at radius 2 is 1.80 bits per heavy atom. The number of anilines is 1. The highest BCUT2D eigenvalue weighted by Crippen LogP contribution is 2.35. The number of nitrogens with zero attached hydrogens (tertiary/aromatic N) is 3. The number of benzene rings is 1. The van der Waals surface area contributed by atoms with Crippen molar-refractivity contribution in [2.24, 2.45) is 7.05 Å². The number of hydrogen-bond donors (Lipinski definition) is 1. The van der Waals surface area contributed by atoms with Gasteiger partial charge >= 0.3 is 0 Å². The largest absolute Gasteiger partial charge is 0.383 e. The number of hydrogen-bond acceptors (Lipinski definition) is 3. The van der Waals surface area contributed by atoms with Crippen molar-refractivity contribution in [2.45, 2.75) is 6.92 Å². The number of aromatic nitrogens is 3. The molecular weight excluding hydrogens is 248 g/mol. The van der Waals surface area contributed by atoms with Gasteiger partial charge in [-0.3, -0.25) is 9.67 Å². The Bertz CT molecular complexity index is 727. The van der Waals surface area contributed by atoms with Gasteiger partial charge in [0.1, 0.15) is 11.5 Å². The lowest BCUT2D eigenvalue weighted by Gasteiger charge is -2.04. The zero-order valence-corrected chi connectivity index (χ0v) is 11.5. The minimum absolute atomic E-state index is 0.647. The zero-order chi connectivity index (χ0) is 14.1. The van der Waals surface area contributed by atoms with Crippen LogP contribution in [0.1, 0.15) is 5.56 Å². The van der Waals surface area contributed by atoms with Crippen LogP contribution in [0.15, 0.2) is 48.8 Å². The summed E-state index contributed by atoms with van der Waals surface area (Å²) in [6.07, 6.45) is 3.56. The van der Waals surface area contributed by atoms with Crippen molar-refractivity contribution in [1.29, 1.82) is 0 Å². The molecule has 0 aliphatic heterocycles. The normalized spacial score (nSPS) is 10.7. The molecule has 4 nitrogen and oxygen atoms in total. The van der Waals surface area contributed by atoms with E-state index in [9.17, 15) is 0 Å². The molecule has 0 saturated heterocycles. The molecule has 2 heterocycles. The Hall–Kier alpha value is -2.62. The van der Waals surface area contributed by atoms with Crippen molar-refractivity contribution in [3.05, 3.63) is 54.4 Å². The Kier molecular flexibility index (Phi) is 2.99. The van der Waals surface area contributed by atoms with Gasteiger partial charge in [0, 0.05) is 30.6 Å². The van der Waals surface area contributed by atoms with E-state index in [2.05, 4.69) is 41.3 Å². The Balaban J connectivity index is 2.22. The SMILES string of the molecule is Cc1ccc(-c2nn(C)c(N)c2-c2cccnc2)cc1. The fourth-order valence-electron chi connectivity index (χ4n) is 2.25. The molecule has 0 atom stereocenters. The van der Waals surface area contributed by atoms with Gasteiger partial charge in [-0.15, -0.1) is 0 Å². The van der Waals surface area contributed by atoms with Crippen LogP contribution in [0.25, 0.3) is 22.4 Å². The van der Waals surface area contributed by atoms with Crippen molar-refractivity contribution in [2.75, 3.05) is 5.73 Å². The first kappa shape index (κ1) is 12.4. The molecule has 0 radical (unpaired) electrons. The van der Waals surface area contributed by atoms with E-state index in [0.29, 0.717) is 5.82 Å². The monoisotopic (exact) mass is 264 g/mol. The summed E-state index contributed by atoms with van der Waals surface area (Å²) in [6.45, 7) is 2.07. The lowest BCUT2D eigenvalue weighted by Crippen LogP contribution is -1.98. The molecular formula is C16H16N4. The lowest BCUT2D eigenvalue weighted by atomic mass is 10.0. The minimum atomic E-state index is 0.647. The first-order valence-electron chi connectivity index (χ1n) is 6.46. The molecule has 100 valence electrons. The average Bonchev–Trinajstić information content (AvgIpc) is 2.77. The third-order valence-corrected chi connectivity index (χ3v) is 3.37. The summed E-state index contributed by atoms with van der Waals surface area (Å²) in [6, 6.07) is 12.2. The maximum Gasteiger partial charge on any atom is 0.129 e. The first-order chi connectivity index (χ1) is 9.66. The smallest absolute Gasteiger partial charge is 0.129 e. The third kappa shape index (κ3) is 2.05. The molecule has 2 N–H and O–H groups in total. The van der Waals surface area contributed by atoms with Crippen molar-refractivity contribution in [3.63, 3.8) is 0 Å². The Morgan fingerprint density at radius 1 is 1.05 bits per heavy atom. The van der Waals surface area contributed by atoms with Crippen LogP contribution in [-0.2, 0) is 7.05 Å². The molecule has 1 aromatic carbocycles. The molecule has 3 aromatic rings. The van der Waals surface area contributed by atoms with Crippen LogP contribution in [0.3, 0.4) is 0 Å². The molecule has 0 unspecified atom stereocenters. The molecule has 0 bridgehead atoms. The summed E-state index contributed by atoms with van der Waals surface area (Å²) in [4.78, 5) is 4.17. The number of nitrogens with two attached hydrogens (primary N) is 1. The van der Waals surface area contributed by atoms with E-state index in [1.165, 1.54) is 5.56 Å². The molecule has 0 saturated carbocycles. The van der Waals surface area contributed by atoms with Gasteiger partial charge in [-0.2, -0.15) is 5.10 Å². The molecule has 0 fully saturated rings. The van der Waals surface area contributed by atoms with Crippen LogP contribution in [0, 0.1) is 6.92 Å². The van der Waals surface area contributed by atoms with E-state index in [-0.39, 0.29) is 0 Å². The molecule has 0 spiro atoms. The van der Waals surface area contributed by atoms with Gasteiger partial charge in [0.2, 0.25) is 0 Å². The standard InChI is InChI=1S/C16H16N4/c1-11-5-7-12(8-6-11)15-14(16(17)20(2)19-15)13-4-3-9-18-10-13/h3-10H,17H2,1-2H3. The zero-order valence-electron chi connectivity index (χ0n) is 11.5. The van der Waals surface area contributed by atoms with Gasteiger partial charge in [-0.25, -0.2) is 0 Å². The van der Waals surface area contributed by atoms with Crippen molar-refractivity contribution in [1.82, 2.24) is 14.8 Å². The molecule has 3 rings (SSSR count). The van der Waals surface area contributed by atoms with Crippen molar-refractivity contribution >= 4 is 5.82 Å². The maximum absolute atomic E-state index is 6.18. The van der Waals surface area contributed by atoms with Crippen LogP contribution in [0.2, 0.25) is 0 Å². The highest BCUT2D eigenvalue weighted by Gasteiger charge is 2.17. The third-order valence-electron chi connectivity index (χ3n) is 3.37. The van der Waals surface area contributed by atoms with Gasteiger partial charge in [0.05, 0.1) is 5.56 Å². The number of rotatable bonds is 2. The van der Waals surface area contributed by atoms with E-state index in [0.717, 1.165) is 22.4 Å². The molecule has 0 aliphatic rings. The summed E-state index contributed by atoms with van der Waals surface area (Å²) >= 11 is 0. The number of nitrogen functional groups attached to an aromatic ring is 1. The predicted octanol–water partition coefficient (Wildman–Crippen LogP) is 3.04. The molecule has 20 heavy (non-hydrogen) atoms.